The third kappa shape index (κ3) is 3.60. The lowest BCUT2D eigenvalue weighted by Crippen LogP contribution is -2.23. The van der Waals surface area contributed by atoms with E-state index in [-0.39, 0.29) is 11.4 Å². The third-order valence-electron chi connectivity index (χ3n) is 4.39. The first-order valence-electron chi connectivity index (χ1n) is 8.42. The number of benzene rings is 1. The molecule has 2 aromatic heterocycles. The van der Waals surface area contributed by atoms with E-state index in [1.54, 1.807) is 24.5 Å². The zero-order chi connectivity index (χ0) is 18.0. The molecule has 0 aliphatic heterocycles. The molecular formula is C19H23N3O2S. The highest BCUT2D eigenvalue weighted by molar-refractivity contribution is 7.89. The molecule has 0 saturated heterocycles. The summed E-state index contributed by atoms with van der Waals surface area (Å²) in [6.45, 7) is 7.13. The van der Waals surface area contributed by atoms with Gasteiger partial charge in [-0.3, -0.25) is 0 Å². The summed E-state index contributed by atoms with van der Waals surface area (Å²) in [4.78, 5) is 4.63. The lowest BCUT2D eigenvalue weighted by atomic mass is 10.1. The number of hydrogen-bond donors (Lipinski definition) is 1. The van der Waals surface area contributed by atoms with Crippen LogP contribution < -0.4 is 4.72 Å². The van der Waals surface area contributed by atoms with Crippen molar-refractivity contribution in [2.24, 2.45) is 0 Å². The van der Waals surface area contributed by atoms with Crippen LogP contribution in [-0.4, -0.2) is 18.0 Å². The molecule has 0 unspecified atom stereocenters. The van der Waals surface area contributed by atoms with Gasteiger partial charge in [-0.05, 0) is 49.1 Å². The van der Waals surface area contributed by atoms with E-state index < -0.39 is 10.0 Å². The van der Waals surface area contributed by atoms with Crippen molar-refractivity contribution in [3.63, 3.8) is 0 Å². The monoisotopic (exact) mass is 357 g/mol. The number of nitrogens with one attached hydrogen (secondary N) is 1. The summed E-state index contributed by atoms with van der Waals surface area (Å²) < 4.78 is 30.3. The summed E-state index contributed by atoms with van der Waals surface area (Å²) in [6, 6.07) is 9.54. The van der Waals surface area contributed by atoms with Crippen molar-refractivity contribution in [3.05, 3.63) is 59.4 Å². The molecule has 5 nitrogen and oxygen atoms in total. The highest BCUT2D eigenvalue weighted by Crippen LogP contribution is 2.24. The maximum Gasteiger partial charge on any atom is 0.243 e. The van der Waals surface area contributed by atoms with E-state index in [4.69, 9.17) is 0 Å². The van der Waals surface area contributed by atoms with E-state index >= 15 is 0 Å². The molecule has 1 aromatic carbocycles. The Hall–Kier alpha value is -2.18. The van der Waals surface area contributed by atoms with E-state index in [1.807, 2.05) is 36.6 Å². The Morgan fingerprint density at radius 2 is 1.96 bits per heavy atom. The first-order chi connectivity index (χ1) is 11.9. The molecule has 6 heteroatoms. The van der Waals surface area contributed by atoms with E-state index in [9.17, 15) is 8.42 Å². The Morgan fingerprint density at radius 3 is 2.68 bits per heavy atom. The van der Waals surface area contributed by atoms with Crippen LogP contribution in [0.4, 0.5) is 0 Å². The smallest absolute Gasteiger partial charge is 0.243 e. The second-order valence-corrected chi connectivity index (χ2v) is 8.04. The molecule has 0 aliphatic carbocycles. The largest absolute Gasteiger partial charge is 0.331 e. The first-order valence-corrected chi connectivity index (χ1v) is 9.90. The molecule has 0 fully saturated rings. The maximum absolute atomic E-state index is 12.8. The van der Waals surface area contributed by atoms with Gasteiger partial charge in [-0.1, -0.05) is 25.1 Å². The van der Waals surface area contributed by atoms with Crippen molar-refractivity contribution in [2.45, 2.75) is 45.2 Å². The summed E-state index contributed by atoms with van der Waals surface area (Å²) in [5.74, 6) is 0. The summed E-state index contributed by atoms with van der Waals surface area (Å²) in [7, 11) is -3.62. The third-order valence-corrected chi connectivity index (χ3v) is 5.82. The summed E-state index contributed by atoms with van der Waals surface area (Å²) in [6.07, 6.45) is 4.28. The predicted molar refractivity (Wildman–Crippen MR) is 100.0 cm³/mol. The Kier molecular flexibility index (Phi) is 4.92. The number of sulfonamides is 1. The number of fused-ring (bicyclic) bond motifs is 1. The average Bonchev–Trinajstić information content (AvgIpc) is 2.96. The zero-order valence-electron chi connectivity index (χ0n) is 14.8. The molecule has 25 heavy (non-hydrogen) atoms. The number of nitrogens with zero attached hydrogens (tertiary/aromatic N) is 2. The van der Waals surface area contributed by atoms with Gasteiger partial charge in [0.15, 0.2) is 0 Å². The van der Waals surface area contributed by atoms with Crippen molar-refractivity contribution in [2.75, 3.05) is 0 Å². The minimum Gasteiger partial charge on any atom is -0.331 e. The van der Waals surface area contributed by atoms with Gasteiger partial charge in [0, 0.05) is 30.9 Å². The van der Waals surface area contributed by atoms with E-state index in [2.05, 4.69) is 16.6 Å². The van der Waals surface area contributed by atoms with Gasteiger partial charge in [-0.15, -0.1) is 0 Å². The quantitative estimate of drug-likeness (QED) is 0.734. The number of aryl methyl sites for hydroxylation is 3. The van der Waals surface area contributed by atoms with Gasteiger partial charge < -0.3 is 4.57 Å². The van der Waals surface area contributed by atoms with Crippen molar-refractivity contribution < 1.29 is 8.42 Å². The van der Waals surface area contributed by atoms with Crippen LogP contribution in [0.3, 0.4) is 0 Å². The molecule has 0 spiro atoms. The lowest BCUT2D eigenvalue weighted by Gasteiger charge is -2.08. The highest BCUT2D eigenvalue weighted by atomic mass is 32.2. The normalized spacial score (nSPS) is 12.0. The molecule has 0 saturated carbocycles. The summed E-state index contributed by atoms with van der Waals surface area (Å²) in [5.41, 5.74) is 4.00. The molecule has 0 aliphatic rings. The van der Waals surface area contributed by atoms with Crippen LogP contribution in [-0.2, 0) is 23.1 Å². The van der Waals surface area contributed by atoms with E-state index in [0.717, 1.165) is 24.1 Å². The van der Waals surface area contributed by atoms with Gasteiger partial charge in [0.25, 0.3) is 0 Å². The lowest BCUT2D eigenvalue weighted by molar-refractivity contribution is 0.581. The molecule has 3 rings (SSSR count). The van der Waals surface area contributed by atoms with Crippen LogP contribution >= 0.6 is 0 Å². The number of pyridine rings is 1. The van der Waals surface area contributed by atoms with Crippen LogP contribution in [0.5, 0.6) is 0 Å². The second-order valence-electron chi connectivity index (χ2n) is 6.30. The van der Waals surface area contributed by atoms with Gasteiger partial charge in [-0.2, -0.15) is 0 Å². The van der Waals surface area contributed by atoms with Crippen LogP contribution in [0.25, 0.3) is 11.0 Å². The minimum atomic E-state index is -3.62. The highest BCUT2D eigenvalue weighted by Gasteiger charge is 2.21. The van der Waals surface area contributed by atoms with Crippen LogP contribution in [0, 0.1) is 13.8 Å². The summed E-state index contributed by atoms with van der Waals surface area (Å²) in [5, 5.41) is 0.656. The van der Waals surface area contributed by atoms with Crippen molar-refractivity contribution in [3.8, 4) is 0 Å². The zero-order valence-corrected chi connectivity index (χ0v) is 15.6. The minimum absolute atomic E-state index is 0.268. The van der Waals surface area contributed by atoms with Crippen LogP contribution in [0.2, 0.25) is 0 Å². The van der Waals surface area contributed by atoms with Gasteiger partial charge in [-0.25, -0.2) is 18.1 Å². The first kappa shape index (κ1) is 17.6. The van der Waals surface area contributed by atoms with Crippen molar-refractivity contribution >= 4 is 21.1 Å². The van der Waals surface area contributed by atoms with Crippen molar-refractivity contribution in [1.29, 1.82) is 0 Å². The SMILES string of the molecule is CCCn1cc(S(=O)(=O)NCc2ccc(C)c(C)c2)c2cccnc21. The standard InChI is InChI=1S/C19H23N3O2S/c1-4-10-22-13-18(17-6-5-9-20-19(17)22)25(23,24)21-12-16-8-7-14(2)15(3)11-16/h5-9,11,13,21H,4,10,12H2,1-3H3. The molecule has 132 valence electrons. The molecule has 0 atom stereocenters. The molecule has 0 bridgehead atoms. The molecule has 0 radical (unpaired) electrons. The molecular weight excluding hydrogens is 334 g/mol. The fourth-order valence-corrected chi connectivity index (χ4v) is 4.11. The Labute approximate surface area is 148 Å². The molecule has 2 heterocycles. The Morgan fingerprint density at radius 1 is 1.16 bits per heavy atom. The number of aromatic nitrogens is 2. The number of rotatable bonds is 6. The molecule has 0 amide bonds. The van der Waals surface area contributed by atoms with Crippen molar-refractivity contribution in [1.82, 2.24) is 14.3 Å². The average molecular weight is 357 g/mol. The fourth-order valence-electron chi connectivity index (χ4n) is 2.89. The van der Waals surface area contributed by atoms with Crippen LogP contribution in [0.1, 0.15) is 30.0 Å². The topological polar surface area (TPSA) is 64.0 Å². The van der Waals surface area contributed by atoms with E-state index in [0.29, 0.717) is 11.0 Å². The summed E-state index contributed by atoms with van der Waals surface area (Å²) >= 11 is 0. The van der Waals surface area contributed by atoms with E-state index in [1.165, 1.54) is 5.56 Å². The van der Waals surface area contributed by atoms with Crippen LogP contribution in [0.15, 0.2) is 47.6 Å². The maximum atomic E-state index is 12.8. The number of hydrogen-bond acceptors (Lipinski definition) is 3. The van der Waals surface area contributed by atoms with Gasteiger partial charge >= 0.3 is 0 Å². The Bertz CT molecular complexity index is 1010. The van der Waals surface area contributed by atoms with Gasteiger partial charge in [0.05, 0.1) is 0 Å². The molecule has 1 N–H and O–H groups in total. The van der Waals surface area contributed by atoms with Gasteiger partial charge in [0.1, 0.15) is 10.5 Å². The Balaban J connectivity index is 1.92. The fraction of sp³-hybridized carbons (Fsp3) is 0.316. The predicted octanol–water partition coefficient (Wildman–Crippen LogP) is 3.54. The molecule has 3 aromatic rings. The second kappa shape index (κ2) is 6.98. The van der Waals surface area contributed by atoms with Gasteiger partial charge in [0.2, 0.25) is 10.0 Å².